The summed E-state index contributed by atoms with van der Waals surface area (Å²) in [5, 5.41) is 15.3. The number of aromatic nitrogens is 2. The lowest BCUT2D eigenvalue weighted by Gasteiger charge is -2.44. The molecule has 146 valence electrons. The van der Waals surface area contributed by atoms with E-state index in [4.69, 9.17) is 5.26 Å². The van der Waals surface area contributed by atoms with Crippen molar-refractivity contribution in [1.82, 2.24) is 14.9 Å². The minimum absolute atomic E-state index is 0.224. The smallest absolute Gasteiger partial charge is 0.229 e. The van der Waals surface area contributed by atoms with Gasteiger partial charge in [-0.1, -0.05) is 12.5 Å². The van der Waals surface area contributed by atoms with E-state index in [1.807, 2.05) is 6.07 Å². The monoisotopic (exact) mass is 380 g/mol. The first kappa shape index (κ1) is 18.6. The number of hydrogen-bond acceptors (Lipinski definition) is 6. The fourth-order valence-corrected chi connectivity index (χ4v) is 4.39. The molecule has 0 amide bonds. The third-order valence-corrected chi connectivity index (χ3v) is 5.75. The molecule has 0 aliphatic carbocycles. The van der Waals surface area contributed by atoms with Gasteiger partial charge in [0.1, 0.15) is 0 Å². The Labute approximate surface area is 164 Å². The first-order valence-electron chi connectivity index (χ1n) is 10.0. The molecule has 2 aromatic rings. The van der Waals surface area contributed by atoms with Crippen LogP contribution in [0, 0.1) is 23.1 Å². The molecule has 1 aromatic carbocycles. The number of piperidine rings is 2. The molecule has 0 spiro atoms. The molecule has 2 aliphatic rings. The highest BCUT2D eigenvalue weighted by Crippen LogP contribution is 2.31. The zero-order valence-corrected chi connectivity index (χ0v) is 15.9. The van der Waals surface area contributed by atoms with Crippen LogP contribution in [0.3, 0.4) is 0 Å². The van der Waals surface area contributed by atoms with Gasteiger partial charge in [-0.15, -0.1) is 0 Å². The number of halogens is 1. The molecule has 3 heterocycles. The van der Waals surface area contributed by atoms with Gasteiger partial charge in [0.05, 0.1) is 17.8 Å². The van der Waals surface area contributed by atoms with Crippen molar-refractivity contribution in [1.29, 1.82) is 5.26 Å². The van der Waals surface area contributed by atoms with Crippen molar-refractivity contribution < 1.29 is 4.39 Å². The van der Waals surface area contributed by atoms with Crippen LogP contribution in [0.5, 0.6) is 0 Å². The molecule has 2 unspecified atom stereocenters. The lowest BCUT2D eigenvalue weighted by atomic mass is 9.83. The summed E-state index contributed by atoms with van der Waals surface area (Å²) in [6.07, 6.45) is 7.37. The molecule has 2 saturated heterocycles. The standard InChI is InChI=1S/C21H25FN6/c22-18-14-25-21(26-17-7-3-5-15(11-17)12-23)27-20(18)24-13-16-6-4-10-28-9-2-1-8-19(16)28/h3,5,7,11,14,16,19H,1-2,4,6,8-10,13H2,(H2,24,25,26,27). The first-order chi connectivity index (χ1) is 13.7. The number of nitrogens with one attached hydrogen (secondary N) is 2. The Morgan fingerprint density at radius 1 is 1.21 bits per heavy atom. The maximum atomic E-state index is 14.2. The number of nitriles is 1. The lowest BCUT2D eigenvalue weighted by molar-refractivity contribution is 0.0648. The highest BCUT2D eigenvalue weighted by atomic mass is 19.1. The molecule has 4 rings (SSSR count). The highest BCUT2D eigenvalue weighted by Gasteiger charge is 2.32. The maximum Gasteiger partial charge on any atom is 0.229 e. The summed E-state index contributed by atoms with van der Waals surface area (Å²) < 4.78 is 14.2. The molecule has 1 aromatic heterocycles. The average molecular weight is 380 g/mol. The summed E-state index contributed by atoms with van der Waals surface area (Å²) >= 11 is 0. The van der Waals surface area contributed by atoms with Crippen LogP contribution in [0.4, 0.5) is 21.8 Å². The first-order valence-corrected chi connectivity index (χ1v) is 10.0. The molecule has 0 bridgehead atoms. The van der Waals surface area contributed by atoms with E-state index < -0.39 is 5.82 Å². The van der Waals surface area contributed by atoms with Crippen molar-refractivity contribution in [3.8, 4) is 6.07 Å². The number of anilines is 3. The maximum absolute atomic E-state index is 14.2. The quantitative estimate of drug-likeness (QED) is 0.819. The Bertz CT molecular complexity index is 862. The van der Waals surface area contributed by atoms with Crippen LogP contribution in [0.15, 0.2) is 30.5 Å². The molecule has 28 heavy (non-hydrogen) atoms. The molecule has 2 atom stereocenters. The fourth-order valence-electron chi connectivity index (χ4n) is 4.39. The van der Waals surface area contributed by atoms with E-state index in [-0.39, 0.29) is 5.82 Å². The molecule has 2 fully saturated rings. The zero-order chi connectivity index (χ0) is 19.3. The Hall–Kier alpha value is -2.72. The van der Waals surface area contributed by atoms with Crippen molar-refractivity contribution in [3.63, 3.8) is 0 Å². The third-order valence-electron chi connectivity index (χ3n) is 5.75. The number of benzene rings is 1. The number of rotatable bonds is 5. The van der Waals surface area contributed by atoms with Crippen molar-refractivity contribution in [2.75, 3.05) is 30.3 Å². The third kappa shape index (κ3) is 4.23. The highest BCUT2D eigenvalue weighted by molar-refractivity contribution is 5.57. The SMILES string of the molecule is N#Cc1cccc(Nc2ncc(F)c(NCC3CCCN4CCCCC34)n2)c1. The Balaban J connectivity index is 1.43. The van der Waals surface area contributed by atoms with Crippen molar-refractivity contribution in [3.05, 3.63) is 41.8 Å². The number of hydrogen-bond donors (Lipinski definition) is 2. The largest absolute Gasteiger partial charge is 0.367 e. The van der Waals surface area contributed by atoms with Gasteiger partial charge in [0.2, 0.25) is 5.95 Å². The summed E-state index contributed by atoms with van der Waals surface area (Å²) in [4.78, 5) is 10.9. The molecular weight excluding hydrogens is 355 g/mol. The summed E-state index contributed by atoms with van der Waals surface area (Å²) in [6.45, 7) is 3.11. The van der Waals surface area contributed by atoms with Crippen molar-refractivity contribution >= 4 is 17.5 Å². The second-order valence-corrected chi connectivity index (χ2v) is 7.59. The van der Waals surface area contributed by atoms with Crippen LogP contribution in [-0.4, -0.2) is 40.5 Å². The van der Waals surface area contributed by atoms with Gasteiger partial charge in [-0.05, 0) is 62.9 Å². The van der Waals surface area contributed by atoms with Gasteiger partial charge in [-0.3, -0.25) is 0 Å². The molecule has 2 aliphatic heterocycles. The molecule has 2 N–H and O–H groups in total. The van der Waals surface area contributed by atoms with Gasteiger partial charge < -0.3 is 15.5 Å². The Morgan fingerprint density at radius 2 is 2.11 bits per heavy atom. The van der Waals surface area contributed by atoms with E-state index in [0.717, 1.165) is 6.54 Å². The van der Waals surface area contributed by atoms with E-state index in [2.05, 4.69) is 31.6 Å². The number of fused-ring (bicyclic) bond motifs is 1. The average Bonchev–Trinajstić information content (AvgIpc) is 2.74. The zero-order valence-electron chi connectivity index (χ0n) is 15.9. The molecule has 6 nitrogen and oxygen atoms in total. The predicted octanol–water partition coefficient (Wildman–Crippen LogP) is 3.91. The molecular formula is C21H25FN6. The van der Waals surface area contributed by atoms with Gasteiger partial charge in [-0.25, -0.2) is 9.37 Å². The molecule has 0 radical (unpaired) electrons. The van der Waals surface area contributed by atoms with Crippen LogP contribution in [-0.2, 0) is 0 Å². The topological polar surface area (TPSA) is 76.9 Å². The van der Waals surface area contributed by atoms with Crippen molar-refractivity contribution in [2.45, 2.75) is 38.1 Å². The van der Waals surface area contributed by atoms with E-state index in [1.165, 1.54) is 51.4 Å². The predicted molar refractivity (Wildman–Crippen MR) is 107 cm³/mol. The van der Waals surface area contributed by atoms with Gasteiger partial charge in [-0.2, -0.15) is 10.2 Å². The molecule has 7 heteroatoms. The summed E-state index contributed by atoms with van der Waals surface area (Å²) in [5.74, 6) is 0.601. The Morgan fingerprint density at radius 3 is 3.00 bits per heavy atom. The minimum atomic E-state index is -0.451. The van der Waals surface area contributed by atoms with E-state index >= 15 is 0 Å². The normalized spacial score (nSPS) is 22.1. The van der Waals surface area contributed by atoms with Gasteiger partial charge in [0.15, 0.2) is 11.6 Å². The van der Waals surface area contributed by atoms with Crippen molar-refractivity contribution in [2.24, 2.45) is 5.92 Å². The fraction of sp³-hybridized carbons (Fsp3) is 0.476. The van der Waals surface area contributed by atoms with Crippen LogP contribution in [0.25, 0.3) is 0 Å². The summed E-state index contributed by atoms with van der Waals surface area (Å²) in [6, 6.07) is 9.73. The van der Waals surface area contributed by atoms with Crippen LogP contribution >= 0.6 is 0 Å². The van der Waals surface area contributed by atoms with E-state index in [9.17, 15) is 4.39 Å². The van der Waals surface area contributed by atoms with Crippen LogP contribution in [0.1, 0.15) is 37.7 Å². The van der Waals surface area contributed by atoms with Crippen LogP contribution in [0.2, 0.25) is 0 Å². The lowest BCUT2D eigenvalue weighted by Crippen LogP contribution is -2.49. The summed E-state index contributed by atoms with van der Waals surface area (Å²) in [7, 11) is 0. The van der Waals surface area contributed by atoms with Gasteiger partial charge >= 0.3 is 0 Å². The minimum Gasteiger partial charge on any atom is -0.367 e. The second kappa shape index (κ2) is 8.53. The van der Waals surface area contributed by atoms with E-state index in [0.29, 0.717) is 29.2 Å². The Kier molecular flexibility index (Phi) is 5.68. The van der Waals surface area contributed by atoms with Crippen LogP contribution < -0.4 is 10.6 Å². The summed E-state index contributed by atoms with van der Waals surface area (Å²) in [5.41, 5.74) is 1.24. The number of nitrogens with zero attached hydrogens (tertiary/aromatic N) is 4. The van der Waals surface area contributed by atoms with Gasteiger partial charge in [0, 0.05) is 18.3 Å². The molecule has 0 saturated carbocycles. The second-order valence-electron chi connectivity index (χ2n) is 7.59. The van der Waals surface area contributed by atoms with E-state index in [1.54, 1.807) is 18.2 Å². The van der Waals surface area contributed by atoms with Gasteiger partial charge in [0.25, 0.3) is 0 Å².